The number of nitrogens with one attached hydrogen (secondary N) is 2. The van der Waals surface area contributed by atoms with Crippen molar-refractivity contribution in [3.63, 3.8) is 0 Å². The molecule has 0 bridgehead atoms. The highest BCUT2D eigenvalue weighted by Gasteiger charge is 2.19. The molecule has 0 heterocycles. The molecule has 0 aliphatic carbocycles. The molecule has 5 nitrogen and oxygen atoms in total. The smallest absolute Gasteiger partial charge is 0.264 e. The van der Waals surface area contributed by atoms with Gasteiger partial charge in [-0.3, -0.25) is 10.6 Å². The Bertz CT molecular complexity index is 735. The zero-order valence-corrected chi connectivity index (χ0v) is 10.9. The maximum Gasteiger partial charge on any atom is 0.264 e. The molecule has 0 atom stereocenters. The van der Waals surface area contributed by atoms with Crippen LogP contribution >= 0.6 is 0 Å². The van der Waals surface area contributed by atoms with E-state index in [0.29, 0.717) is 6.07 Å². The molecular weight excluding hydrogens is 288 g/mol. The van der Waals surface area contributed by atoms with E-state index in [0.717, 1.165) is 12.1 Å². The van der Waals surface area contributed by atoms with Gasteiger partial charge in [0.1, 0.15) is 16.5 Å². The molecule has 20 heavy (non-hydrogen) atoms. The molecule has 0 radical (unpaired) electrons. The Balaban J connectivity index is 2.41. The summed E-state index contributed by atoms with van der Waals surface area (Å²) in [5.74, 6) is 3.42. The summed E-state index contributed by atoms with van der Waals surface area (Å²) in [5.41, 5.74) is 2.04. The number of benzene rings is 2. The summed E-state index contributed by atoms with van der Waals surface area (Å²) in [6.45, 7) is 0. The van der Waals surface area contributed by atoms with Gasteiger partial charge in [-0.15, -0.1) is 0 Å². The zero-order chi connectivity index (χ0) is 14.8. The van der Waals surface area contributed by atoms with Gasteiger partial charge in [-0.05, 0) is 24.3 Å². The number of rotatable bonds is 4. The average molecular weight is 299 g/mol. The minimum atomic E-state index is -4.05. The van der Waals surface area contributed by atoms with E-state index in [9.17, 15) is 17.2 Å². The summed E-state index contributed by atoms with van der Waals surface area (Å²) < 4.78 is 52.6. The third-order valence-electron chi connectivity index (χ3n) is 2.51. The van der Waals surface area contributed by atoms with Gasteiger partial charge in [-0.2, -0.15) is 0 Å². The molecule has 0 aliphatic heterocycles. The lowest BCUT2D eigenvalue weighted by Gasteiger charge is -2.12. The van der Waals surface area contributed by atoms with Crippen LogP contribution in [0.4, 0.5) is 20.2 Å². The first-order chi connectivity index (χ1) is 9.44. The zero-order valence-electron chi connectivity index (χ0n) is 10.1. The number of para-hydroxylation sites is 1. The fraction of sp³-hybridized carbons (Fsp3) is 0. The van der Waals surface area contributed by atoms with E-state index in [1.165, 1.54) is 18.2 Å². The second-order valence-corrected chi connectivity index (χ2v) is 5.52. The Morgan fingerprint density at radius 3 is 2.35 bits per heavy atom. The third-order valence-corrected chi connectivity index (χ3v) is 3.93. The van der Waals surface area contributed by atoms with Crippen molar-refractivity contribution < 1.29 is 17.2 Å². The van der Waals surface area contributed by atoms with Crippen molar-refractivity contribution in [1.29, 1.82) is 0 Å². The van der Waals surface area contributed by atoms with E-state index in [1.807, 2.05) is 4.72 Å². The van der Waals surface area contributed by atoms with Crippen molar-refractivity contribution in [2.24, 2.45) is 5.84 Å². The second kappa shape index (κ2) is 5.43. The van der Waals surface area contributed by atoms with Gasteiger partial charge in [-0.25, -0.2) is 17.2 Å². The first-order valence-electron chi connectivity index (χ1n) is 5.47. The number of hydrogen-bond acceptors (Lipinski definition) is 4. The largest absolute Gasteiger partial charge is 0.323 e. The minimum Gasteiger partial charge on any atom is -0.323 e. The lowest BCUT2D eigenvalue weighted by atomic mass is 10.3. The van der Waals surface area contributed by atoms with Gasteiger partial charge >= 0.3 is 0 Å². The minimum absolute atomic E-state index is 0.147. The van der Waals surface area contributed by atoms with Crippen LogP contribution in [0.2, 0.25) is 0 Å². The summed E-state index contributed by atoms with van der Waals surface area (Å²) in [5, 5.41) is 0. The van der Waals surface area contributed by atoms with Gasteiger partial charge in [0.15, 0.2) is 0 Å². The van der Waals surface area contributed by atoms with Crippen molar-refractivity contribution in [2.45, 2.75) is 4.90 Å². The van der Waals surface area contributed by atoms with Crippen molar-refractivity contribution in [3.8, 4) is 0 Å². The molecule has 2 aromatic carbocycles. The molecule has 4 N–H and O–H groups in total. The van der Waals surface area contributed by atoms with Crippen molar-refractivity contribution in [3.05, 3.63) is 54.1 Å². The Hall–Kier alpha value is -2.19. The lowest BCUT2D eigenvalue weighted by Crippen LogP contribution is -2.18. The summed E-state index contributed by atoms with van der Waals surface area (Å²) in [6.07, 6.45) is 0. The Labute approximate surface area is 114 Å². The van der Waals surface area contributed by atoms with Crippen LogP contribution in [0.1, 0.15) is 0 Å². The number of sulfonamides is 1. The Morgan fingerprint density at radius 2 is 1.70 bits per heavy atom. The van der Waals surface area contributed by atoms with Gasteiger partial charge in [0.05, 0.1) is 11.4 Å². The van der Waals surface area contributed by atoms with Crippen LogP contribution in [0.25, 0.3) is 0 Å². The lowest BCUT2D eigenvalue weighted by molar-refractivity contribution is 0.583. The normalized spacial score (nSPS) is 11.2. The summed E-state index contributed by atoms with van der Waals surface area (Å²) in [4.78, 5) is -0.147. The van der Waals surface area contributed by atoms with Crippen molar-refractivity contribution in [1.82, 2.24) is 0 Å². The van der Waals surface area contributed by atoms with Crippen LogP contribution < -0.4 is 16.0 Å². The molecule has 0 saturated carbocycles. The molecule has 0 fully saturated rings. The van der Waals surface area contributed by atoms with Crippen LogP contribution in [0, 0.1) is 11.6 Å². The van der Waals surface area contributed by atoms with E-state index >= 15 is 0 Å². The highest BCUT2D eigenvalue weighted by Crippen LogP contribution is 2.24. The third kappa shape index (κ3) is 2.86. The van der Waals surface area contributed by atoms with Gasteiger partial charge in [0.2, 0.25) is 0 Å². The summed E-state index contributed by atoms with van der Waals surface area (Å²) in [6, 6.07) is 8.39. The van der Waals surface area contributed by atoms with Crippen LogP contribution in [-0.4, -0.2) is 8.42 Å². The average Bonchev–Trinajstić information content (AvgIpc) is 2.42. The first-order valence-corrected chi connectivity index (χ1v) is 6.96. The molecule has 0 aliphatic rings. The molecule has 106 valence electrons. The molecule has 2 aromatic rings. The molecular formula is C12H11F2N3O2S. The second-order valence-electron chi connectivity index (χ2n) is 3.87. The highest BCUT2D eigenvalue weighted by molar-refractivity contribution is 7.92. The number of nitrogens with two attached hydrogens (primary N) is 1. The molecule has 8 heteroatoms. The molecule has 2 rings (SSSR count). The SMILES string of the molecule is NNc1ccccc1S(=O)(=O)Nc1ccc(F)cc1F. The number of nitrogen functional groups attached to an aromatic ring is 1. The first kappa shape index (κ1) is 14.2. The number of anilines is 2. The van der Waals surface area contributed by atoms with Gasteiger partial charge in [0.25, 0.3) is 10.0 Å². The van der Waals surface area contributed by atoms with Crippen LogP contribution in [-0.2, 0) is 10.0 Å². The molecule has 0 saturated heterocycles. The maximum atomic E-state index is 13.5. The number of hydrazine groups is 1. The predicted octanol–water partition coefficient (Wildman–Crippen LogP) is 2.05. The fourth-order valence-corrected chi connectivity index (χ4v) is 2.83. The monoisotopic (exact) mass is 299 g/mol. The standard InChI is InChI=1S/C12H11F2N3O2S/c13-8-5-6-10(9(14)7-8)17-20(18,19)12-4-2-1-3-11(12)16-15/h1-7,16-17H,15H2. The van der Waals surface area contributed by atoms with Crippen LogP contribution in [0.15, 0.2) is 47.4 Å². The van der Waals surface area contributed by atoms with E-state index in [-0.39, 0.29) is 16.3 Å². The van der Waals surface area contributed by atoms with E-state index in [4.69, 9.17) is 5.84 Å². The predicted molar refractivity (Wildman–Crippen MR) is 71.4 cm³/mol. The molecule has 0 unspecified atom stereocenters. The maximum absolute atomic E-state index is 13.5. The van der Waals surface area contributed by atoms with Gasteiger partial charge < -0.3 is 5.43 Å². The number of halogens is 2. The molecule has 0 aromatic heterocycles. The quantitative estimate of drug-likeness (QED) is 0.596. The topological polar surface area (TPSA) is 84.2 Å². The Morgan fingerprint density at radius 1 is 1.00 bits per heavy atom. The van der Waals surface area contributed by atoms with E-state index in [1.54, 1.807) is 6.07 Å². The molecule has 0 spiro atoms. The highest BCUT2D eigenvalue weighted by atomic mass is 32.2. The Kier molecular flexibility index (Phi) is 3.86. The number of hydrogen-bond donors (Lipinski definition) is 3. The van der Waals surface area contributed by atoms with Crippen molar-refractivity contribution >= 4 is 21.4 Å². The van der Waals surface area contributed by atoms with Crippen LogP contribution in [0.5, 0.6) is 0 Å². The summed E-state index contributed by atoms with van der Waals surface area (Å²) >= 11 is 0. The van der Waals surface area contributed by atoms with Gasteiger partial charge in [0, 0.05) is 6.07 Å². The van der Waals surface area contributed by atoms with E-state index in [2.05, 4.69) is 5.43 Å². The van der Waals surface area contributed by atoms with E-state index < -0.39 is 21.7 Å². The molecule has 0 amide bonds. The fourth-order valence-electron chi connectivity index (χ4n) is 1.59. The van der Waals surface area contributed by atoms with Crippen LogP contribution in [0.3, 0.4) is 0 Å². The van der Waals surface area contributed by atoms with Crippen molar-refractivity contribution in [2.75, 3.05) is 10.1 Å². The van der Waals surface area contributed by atoms with Gasteiger partial charge in [-0.1, -0.05) is 12.1 Å². The summed E-state index contributed by atoms with van der Waals surface area (Å²) in [7, 11) is -4.05.